The lowest BCUT2D eigenvalue weighted by Gasteiger charge is -2.28. The monoisotopic (exact) mass is 387 g/mol. The number of anilines is 2. The molecule has 0 bridgehead atoms. The zero-order valence-corrected chi connectivity index (χ0v) is 16.5. The summed E-state index contributed by atoms with van der Waals surface area (Å²) in [5, 5.41) is 2.10. The minimum Gasteiger partial charge on any atom is -0.370 e. The highest BCUT2D eigenvalue weighted by molar-refractivity contribution is 7.92. The number of nitrogens with zero attached hydrogens (tertiary/aromatic N) is 2. The third-order valence-electron chi connectivity index (χ3n) is 4.77. The van der Waals surface area contributed by atoms with Gasteiger partial charge in [0.2, 0.25) is 0 Å². The van der Waals surface area contributed by atoms with Crippen molar-refractivity contribution in [3.63, 3.8) is 0 Å². The molecule has 144 valence electrons. The van der Waals surface area contributed by atoms with Gasteiger partial charge in [0.1, 0.15) is 5.82 Å². The van der Waals surface area contributed by atoms with E-state index in [0.717, 1.165) is 18.8 Å². The standard InChI is InChI=1S/C20H25N3O3S/c1-15(2)27(25,26)18-9-5-4-8-17(18)20(24)22-19-11-10-16(14-21-19)23-12-6-3-7-13-23/h4-5,8-11,14-15H,3,6-7,12-13H2,1-2H3,(H,21,22,24). The van der Waals surface area contributed by atoms with Crippen molar-refractivity contribution >= 4 is 27.2 Å². The second kappa shape index (κ2) is 8.08. The molecule has 7 heteroatoms. The molecule has 2 heterocycles. The molecule has 0 atom stereocenters. The van der Waals surface area contributed by atoms with Crippen LogP contribution in [0, 0.1) is 0 Å². The highest BCUT2D eigenvalue weighted by atomic mass is 32.2. The number of rotatable bonds is 5. The highest BCUT2D eigenvalue weighted by Crippen LogP contribution is 2.23. The molecule has 1 N–H and O–H groups in total. The number of aromatic nitrogens is 1. The first kappa shape index (κ1) is 19.4. The molecule has 0 saturated carbocycles. The van der Waals surface area contributed by atoms with E-state index in [0.29, 0.717) is 5.82 Å². The molecule has 27 heavy (non-hydrogen) atoms. The van der Waals surface area contributed by atoms with Gasteiger partial charge in [-0.05, 0) is 57.4 Å². The first-order valence-electron chi connectivity index (χ1n) is 9.25. The summed E-state index contributed by atoms with van der Waals surface area (Å²) >= 11 is 0. The van der Waals surface area contributed by atoms with Crippen molar-refractivity contribution in [2.24, 2.45) is 0 Å². The van der Waals surface area contributed by atoms with Gasteiger partial charge in [0.25, 0.3) is 5.91 Å². The normalized spacial score (nSPS) is 15.0. The molecular formula is C20H25N3O3S. The lowest BCUT2D eigenvalue weighted by molar-refractivity contribution is 0.102. The number of pyridine rings is 1. The quantitative estimate of drug-likeness (QED) is 0.849. The molecule has 1 saturated heterocycles. The summed E-state index contributed by atoms with van der Waals surface area (Å²) in [5.41, 5.74) is 1.17. The van der Waals surface area contributed by atoms with E-state index in [1.807, 2.05) is 6.07 Å². The van der Waals surface area contributed by atoms with Crippen LogP contribution in [0.25, 0.3) is 0 Å². The average molecular weight is 388 g/mol. The molecule has 3 rings (SSSR count). The summed E-state index contributed by atoms with van der Waals surface area (Å²) in [7, 11) is -3.55. The van der Waals surface area contributed by atoms with Crippen molar-refractivity contribution in [1.29, 1.82) is 0 Å². The Morgan fingerprint density at radius 3 is 2.41 bits per heavy atom. The van der Waals surface area contributed by atoms with Crippen LogP contribution in [0.5, 0.6) is 0 Å². The van der Waals surface area contributed by atoms with Gasteiger partial charge in [0.05, 0.1) is 27.6 Å². The molecule has 6 nitrogen and oxygen atoms in total. The summed E-state index contributed by atoms with van der Waals surface area (Å²) in [6.07, 6.45) is 5.37. The van der Waals surface area contributed by atoms with Crippen LogP contribution >= 0.6 is 0 Å². The van der Waals surface area contributed by atoms with Gasteiger partial charge < -0.3 is 10.2 Å². The number of sulfone groups is 1. The second-order valence-electron chi connectivity index (χ2n) is 6.99. The van der Waals surface area contributed by atoms with Gasteiger partial charge in [-0.25, -0.2) is 13.4 Å². The number of piperidine rings is 1. The van der Waals surface area contributed by atoms with Crippen LogP contribution in [0.2, 0.25) is 0 Å². The molecule has 1 aromatic carbocycles. The van der Waals surface area contributed by atoms with Crippen molar-refractivity contribution in [2.75, 3.05) is 23.3 Å². The van der Waals surface area contributed by atoms with Crippen LogP contribution in [0.4, 0.5) is 11.5 Å². The van der Waals surface area contributed by atoms with Crippen LogP contribution in [0.1, 0.15) is 43.5 Å². The van der Waals surface area contributed by atoms with Gasteiger partial charge in [0, 0.05) is 13.1 Å². The predicted octanol–water partition coefficient (Wildman–Crippen LogP) is 3.51. The summed E-state index contributed by atoms with van der Waals surface area (Å²) in [4.78, 5) is 19.3. The van der Waals surface area contributed by atoms with Crippen molar-refractivity contribution in [1.82, 2.24) is 4.98 Å². The molecule has 0 unspecified atom stereocenters. The van der Waals surface area contributed by atoms with E-state index >= 15 is 0 Å². The van der Waals surface area contributed by atoms with Gasteiger partial charge in [-0.1, -0.05) is 12.1 Å². The van der Waals surface area contributed by atoms with E-state index in [1.54, 1.807) is 38.2 Å². The SMILES string of the molecule is CC(C)S(=O)(=O)c1ccccc1C(=O)Nc1ccc(N2CCCCC2)cn1. The molecule has 1 amide bonds. The smallest absolute Gasteiger partial charge is 0.258 e. The van der Waals surface area contributed by atoms with E-state index in [9.17, 15) is 13.2 Å². The third kappa shape index (κ3) is 4.30. The number of carbonyl (C=O) groups is 1. The number of hydrogen-bond acceptors (Lipinski definition) is 5. The summed E-state index contributed by atoms with van der Waals surface area (Å²) < 4.78 is 25.1. The zero-order valence-electron chi connectivity index (χ0n) is 15.7. The molecule has 1 fully saturated rings. The Labute approximate surface area is 160 Å². The lowest BCUT2D eigenvalue weighted by atomic mass is 10.1. The second-order valence-corrected chi connectivity index (χ2v) is 9.47. The van der Waals surface area contributed by atoms with Gasteiger partial charge in [-0.3, -0.25) is 4.79 Å². The van der Waals surface area contributed by atoms with Crippen LogP contribution < -0.4 is 10.2 Å². The van der Waals surface area contributed by atoms with Crippen LogP contribution in [-0.2, 0) is 9.84 Å². The summed E-state index contributed by atoms with van der Waals surface area (Å²) in [6.45, 7) is 5.25. The fourth-order valence-corrected chi connectivity index (χ4v) is 4.38. The number of amides is 1. The summed E-state index contributed by atoms with van der Waals surface area (Å²) in [6, 6.07) is 9.95. The molecule has 0 radical (unpaired) electrons. The molecule has 1 aliphatic heterocycles. The van der Waals surface area contributed by atoms with Gasteiger partial charge >= 0.3 is 0 Å². The highest BCUT2D eigenvalue weighted by Gasteiger charge is 2.25. The Hall–Kier alpha value is -2.41. The Bertz CT molecular complexity index is 902. The van der Waals surface area contributed by atoms with Crippen molar-refractivity contribution < 1.29 is 13.2 Å². The number of hydrogen-bond donors (Lipinski definition) is 1. The molecule has 0 aliphatic carbocycles. The molecule has 0 spiro atoms. The zero-order chi connectivity index (χ0) is 19.4. The van der Waals surface area contributed by atoms with Gasteiger partial charge in [0.15, 0.2) is 9.84 Å². The van der Waals surface area contributed by atoms with Crippen molar-refractivity contribution in [3.05, 3.63) is 48.2 Å². The molecule has 1 aliphatic rings. The Balaban J connectivity index is 1.78. The lowest BCUT2D eigenvalue weighted by Crippen LogP contribution is -2.29. The maximum atomic E-state index is 12.7. The van der Waals surface area contributed by atoms with Crippen LogP contribution in [0.15, 0.2) is 47.5 Å². The maximum Gasteiger partial charge on any atom is 0.258 e. The van der Waals surface area contributed by atoms with Gasteiger partial charge in [-0.2, -0.15) is 0 Å². The van der Waals surface area contributed by atoms with Crippen LogP contribution in [-0.4, -0.2) is 37.6 Å². The largest absolute Gasteiger partial charge is 0.370 e. The minimum atomic E-state index is -3.55. The minimum absolute atomic E-state index is 0.0439. The van der Waals surface area contributed by atoms with Crippen molar-refractivity contribution in [2.45, 2.75) is 43.3 Å². The third-order valence-corrected chi connectivity index (χ3v) is 6.98. The van der Waals surface area contributed by atoms with Crippen molar-refractivity contribution in [3.8, 4) is 0 Å². The Kier molecular flexibility index (Phi) is 5.79. The first-order valence-corrected chi connectivity index (χ1v) is 10.8. The average Bonchev–Trinajstić information content (AvgIpc) is 2.69. The fraction of sp³-hybridized carbons (Fsp3) is 0.400. The number of benzene rings is 1. The Morgan fingerprint density at radius 2 is 1.78 bits per heavy atom. The molecule has 2 aromatic rings. The van der Waals surface area contributed by atoms with E-state index in [-0.39, 0.29) is 10.5 Å². The number of nitrogens with one attached hydrogen (secondary N) is 1. The fourth-order valence-electron chi connectivity index (χ4n) is 3.14. The van der Waals surface area contributed by atoms with E-state index < -0.39 is 21.0 Å². The maximum absolute atomic E-state index is 12.7. The van der Waals surface area contributed by atoms with E-state index in [2.05, 4.69) is 15.2 Å². The Morgan fingerprint density at radius 1 is 1.07 bits per heavy atom. The van der Waals surface area contributed by atoms with E-state index in [1.165, 1.54) is 31.4 Å². The number of carbonyl (C=O) groups excluding carboxylic acids is 1. The van der Waals surface area contributed by atoms with Gasteiger partial charge in [-0.15, -0.1) is 0 Å². The predicted molar refractivity (Wildman–Crippen MR) is 107 cm³/mol. The van der Waals surface area contributed by atoms with Crippen LogP contribution in [0.3, 0.4) is 0 Å². The summed E-state index contributed by atoms with van der Waals surface area (Å²) in [5.74, 6) is -0.0782. The van der Waals surface area contributed by atoms with E-state index in [4.69, 9.17) is 0 Å². The molecule has 1 aromatic heterocycles. The topological polar surface area (TPSA) is 79.4 Å². The first-order chi connectivity index (χ1) is 12.9. The molecular weight excluding hydrogens is 362 g/mol.